The van der Waals surface area contributed by atoms with Crippen molar-refractivity contribution in [1.29, 1.82) is 0 Å². The van der Waals surface area contributed by atoms with Crippen molar-refractivity contribution >= 4 is 5.97 Å². The minimum atomic E-state index is -1.04. The zero-order valence-electron chi connectivity index (χ0n) is 8.38. The molecule has 2 rings (SSSR count). The molecule has 1 aromatic carbocycles. The van der Waals surface area contributed by atoms with Gasteiger partial charge in [-0.3, -0.25) is 0 Å². The molecule has 0 bridgehead atoms. The van der Waals surface area contributed by atoms with Crippen LogP contribution in [0.5, 0.6) is 0 Å². The van der Waals surface area contributed by atoms with E-state index in [0.29, 0.717) is 18.4 Å². The molecule has 1 unspecified atom stereocenters. The Balaban J connectivity index is 2.56. The number of hydrogen-bond donors (Lipinski definition) is 2. The highest BCUT2D eigenvalue weighted by Crippen LogP contribution is 2.37. The van der Waals surface area contributed by atoms with Crippen molar-refractivity contribution in [2.24, 2.45) is 0 Å². The maximum Gasteiger partial charge on any atom is 0.328 e. The van der Waals surface area contributed by atoms with Gasteiger partial charge in [-0.1, -0.05) is 6.07 Å². The lowest BCUT2D eigenvalue weighted by Crippen LogP contribution is -2.45. The van der Waals surface area contributed by atoms with Crippen LogP contribution in [-0.4, -0.2) is 18.1 Å². The normalized spacial score (nSPS) is 23.9. The first kappa shape index (κ1) is 10.1. The van der Waals surface area contributed by atoms with Crippen molar-refractivity contribution in [3.63, 3.8) is 0 Å². The average Bonchev–Trinajstić information content (AvgIpc) is 2.56. The van der Waals surface area contributed by atoms with Gasteiger partial charge in [-0.2, -0.15) is 0 Å². The monoisotopic (exact) mass is 209 g/mol. The van der Waals surface area contributed by atoms with Gasteiger partial charge >= 0.3 is 5.97 Å². The van der Waals surface area contributed by atoms with Crippen molar-refractivity contribution in [3.8, 4) is 0 Å². The maximum absolute atomic E-state index is 13.0. The minimum Gasteiger partial charge on any atom is -0.480 e. The van der Waals surface area contributed by atoms with E-state index in [2.05, 4.69) is 5.32 Å². The molecule has 0 aromatic heterocycles. The van der Waals surface area contributed by atoms with E-state index in [1.165, 1.54) is 12.1 Å². The lowest BCUT2D eigenvalue weighted by atomic mass is 9.92. The second-order valence-corrected chi connectivity index (χ2v) is 3.76. The number of likely N-dealkylation sites (N-methyl/N-ethyl adjacent to an activating group) is 1. The molecule has 0 saturated heterocycles. The van der Waals surface area contributed by atoms with E-state index in [9.17, 15) is 14.3 Å². The zero-order chi connectivity index (χ0) is 11.1. The second-order valence-electron chi connectivity index (χ2n) is 3.76. The van der Waals surface area contributed by atoms with Gasteiger partial charge in [0, 0.05) is 0 Å². The van der Waals surface area contributed by atoms with Crippen LogP contribution in [0.15, 0.2) is 18.2 Å². The summed E-state index contributed by atoms with van der Waals surface area (Å²) in [6.45, 7) is 0. The Labute approximate surface area is 86.9 Å². The molecule has 1 aromatic rings. The third-order valence-electron chi connectivity index (χ3n) is 3.09. The minimum absolute atomic E-state index is 0.314. The Morgan fingerprint density at radius 2 is 2.33 bits per heavy atom. The van der Waals surface area contributed by atoms with Crippen LogP contribution in [0, 0.1) is 5.82 Å². The summed E-state index contributed by atoms with van der Waals surface area (Å²) in [5.41, 5.74) is 0.425. The summed E-state index contributed by atoms with van der Waals surface area (Å²) < 4.78 is 13.0. The van der Waals surface area contributed by atoms with Gasteiger partial charge in [0.25, 0.3) is 0 Å². The summed E-state index contributed by atoms with van der Waals surface area (Å²) in [6, 6.07) is 4.28. The zero-order valence-corrected chi connectivity index (χ0v) is 8.38. The SMILES string of the molecule is CNC1(C(=O)O)CCc2cc(F)ccc21. The molecule has 0 spiro atoms. The molecule has 1 aliphatic carbocycles. The molecule has 0 saturated carbocycles. The Kier molecular flexibility index (Phi) is 2.23. The van der Waals surface area contributed by atoms with E-state index in [1.807, 2.05) is 0 Å². The summed E-state index contributed by atoms with van der Waals surface area (Å²) in [5, 5.41) is 12.1. The standard InChI is InChI=1S/C11H12FNO2/c1-13-11(10(14)15)5-4-7-6-8(12)2-3-9(7)11/h2-3,6,13H,4-5H2,1H3,(H,14,15). The fraction of sp³-hybridized carbons (Fsp3) is 0.364. The highest BCUT2D eigenvalue weighted by molar-refractivity contribution is 5.82. The van der Waals surface area contributed by atoms with Crippen molar-refractivity contribution in [1.82, 2.24) is 5.32 Å². The molecule has 0 radical (unpaired) electrons. The van der Waals surface area contributed by atoms with Crippen LogP contribution in [0.4, 0.5) is 4.39 Å². The fourth-order valence-corrected chi connectivity index (χ4v) is 2.23. The number of rotatable bonds is 2. The molecule has 0 aliphatic heterocycles. The quantitative estimate of drug-likeness (QED) is 0.771. The molecular weight excluding hydrogens is 197 g/mol. The number of nitrogens with one attached hydrogen (secondary N) is 1. The van der Waals surface area contributed by atoms with Crippen LogP contribution >= 0.6 is 0 Å². The van der Waals surface area contributed by atoms with Crippen molar-refractivity contribution in [3.05, 3.63) is 35.1 Å². The van der Waals surface area contributed by atoms with E-state index in [4.69, 9.17) is 0 Å². The van der Waals surface area contributed by atoms with Gasteiger partial charge in [0.05, 0.1) is 0 Å². The molecule has 0 fully saturated rings. The summed E-state index contributed by atoms with van der Waals surface area (Å²) in [7, 11) is 1.62. The summed E-state index contributed by atoms with van der Waals surface area (Å²) in [6.07, 6.45) is 1.07. The molecule has 80 valence electrons. The van der Waals surface area contributed by atoms with Crippen molar-refractivity contribution < 1.29 is 14.3 Å². The first-order valence-electron chi connectivity index (χ1n) is 4.81. The molecule has 4 heteroatoms. The number of aliphatic carboxylic acids is 1. The van der Waals surface area contributed by atoms with Gasteiger partial charge in [-0.25, -0.2) is 9.18 Å². The number of benzene rings is 1. The van der Waals surface area contributed by atoms with Gasteiger partial charge in [-0.15, -0.1) is 0 Å². The van der Waals surface area contributed by atoms with Gasteiger partial charge in [-0.05, 0) is 43.1 Å². The predicted molar refractivity (Wildman–Crippen MR) is 53.1 cm³/mol. The summed E-state index contributed by atoms with van der Waals surface area (Å²) >= 11 is 0. The Bertz CT molecular complexity index is 419. The lowest BCUT2D eigenvalue weighted by Gasteiger charge is -2.24. The van der Waals surface area contributed by atoms with E-state index in [0.717, 1.165) is 5.56 Å². The molecular formula is C11H12FNO2. The van der Waals surface area contributed by atoms with E-state index < -0.39 is 11.5 Å². The topological polar surface area (TPSA) is 49.3 Å². The maximum atomic E-state index is 13.0. The molecule has 2 N–H and O–H groups in total. The number of carboxylic acid groups (broad SMARTS) is 1. The predicted octanol–water partition coefficient (Wildman–Crippen LogP) is 1.27. The molecule has 1 aliphatic rings. The first-order valence-corrected chi connectivity index (χ1v) is 4.81. The molecule has 1 atom stereocenters. The van der Waals surface area contributed by atoms with E-state index >= 15 is 0 Å². The number of hydrogen-bond acceptors (Lipinski definition) is 2. The highest BCUT2D eigenvalue weighted by atomic mass is 19.1. The average molecular weight is 209 g/mol. The van der Waals surface area contributed by atoms with Crippen molar-refractivity contribution in [2.75, 3.05) is 7.05 Å². The van der Waals surface area contributed by atoms with Crippen LogP contribution in [0.2, 0.25) is 0 Å². The lowest BCUT2D eigenvalue weighted by molar-refractivity contribution is -0.145. The smallest absolute Gasteiger partial charge is 0.328 e. The Morgan fingerprint density at radius 1 is 1.60 bits per heavy atom. The van der Waals surface area contributed by atoms with Gasteiger partial charge in [0.1, 0.15) is 11.4 Å². The summed E-state index contributed by atoms with van der Waals surface area (Å²) in [4.78, 5) is 11.2. The Morgan fingerprint density at radius 3 is 2.93 bits per heavy atom. The van der Waals surface area contributed by atoms with Crippen LogP contribution in [0.25, 0.3) is 0 Å². The van der Waals surface area contributed by atoms with E-state index in [1.54, 1.807) is 13.1 Å². The molecule has 0 amide bonds. The number of carboxylic acids is 1. The fourth-order valence-electron chi connectivity index (χ4n) is 2.23. The number of fused-ring (bicyclic) bond motifs is 1. The van der Waals surface area contributed by atoms with Crippen LogP contribution < -0.4 is 5.32 Å². The highest BCUT2D eigenvalue weighted by Gasteiger charge is 2.44. The molecule has 3 nitrogen and oxygen atoms in total. The first-order chi connectivity index (χ1) is 7.10. The van der Waals surface area contributed by atoms with Gasteiger partial charge in [0.15, 0.2) is 0 Å². The number of halogens is 1. The van der Waals surface area contributed by atoms with Crippen molar-refractivity contribution in [2.45, 2.75) is 18.4 Å². The van der Waals surface area contributed by atoms with E-state index in [-0.39, 0.29) is 5.82 Å². The Hall–Kier alpha value is -1.42. The van der Waals surface area contributed by atoms with Gasteiger partial charge in [0.2, 0.25) is 0 Å². The van der Waals surface area contributed by atoms with Gasteiger partial charge < -0.3 is 10.4 Å². The summed E-state index contributed by atoms with van der Waals surface area (Å²) in [5.74, 6) is -1.22. The van der Waals surface area contributed by atoms with Crippen LogP contribution in [0.1, 0.15) is 17.5 Å². The van der Waals surface area contributed by atoms with Crippen LogP contribution in [0.3, 0.4) is 0 Å². The second kappa shape index (κ2) is 3.31. The molecule has 15 heavy (non-hydrogen) atoms. The largest absolute Gasteiger partial charge is 0.480 e. The third kappa shape index (κ3) is 1.33. The van der Waals surface area contributed by atoms with Crippen LogP contribution in [-0.2, 0) is 16.8 Å². The molecule has 0 heterocycles. The number of aryl methyl sites for hydroxylation is 1. The third-order valence-corrected chi connectivity index (χ3v) is 3.09. The number of carbonyl (C=O) groups is 1.